The summed E-state index contributed by atoms with van der Waals surface area (Å²) in [6, 6.07) is 0. The Morgan fingerprint density at radius 3 is 2.20 bits per heavy atom. The monoisotopic (exact) mass is 256 g/mol. The van der Waals surface area contributed by atoms with Crippen molar-refractivity contribution in [2.75, 3.05) is 32.8 Å². The summed E-state index contributed by atoms with van der Waals surface area (Å²) in [6.45, 7) is 4.90. The van der Waals surface area contributed by atoms with Gasteiger partial charge in [-0.25, -0.2) is 4.79 Å². The molecule has 1 aliphatic heterocycles. The molecule has 0 saturated carbocycles. The van der Waals surface area contributed by atoms with Gasteiger partial charge in [0.05, 0.1) is 6.61 Å². The average Bonchev–Trinajstić information content (AvgIpc) is 2.18. The Hall–Kier alpha value is 0.380. The first kappa shape index (κ1) is 15.4. The maximum atomic E-state index is 11.3. The van der Waals surface area contributed by atoms with E-state index >= 15 is 0 Å². The van der Waals surface area contributed by atoms with E-state index in [0.29, 0.717) is 37.1 Å². The number of carbonyl (C=O) groups excluding carboxylic acids is 1. The second-order valence-electron chi connectivity index (χ2n) is 2.94. The fourth-order valence-corrected chi connectivity index (χ4v) is 1.65. The SMILES string of the molecule is CCOC(=O)N1CCN(C(=S)[S-])CC1.[Na+]. The summed E-state index contributed by atoms with van der Waals surface area (Å²) in [5.41, 5.74) is 0. The van der Waals surface area contributed by atoms with Crippen LogP contribution in [0.3, 0.4) is 0 Å². The maximum absolute atomic E-state index is 11.3. The van der Waals surface area contributed by atoms with E-state index in [1.165, 1.54) is 0 Å². The Bertz CT molecular complexity index is 233. The molecule has 15 heavy (non-hydrogen) atoms. The molecule has 0 atom stereocenters. The predicted molar refractivity (Wildman–Crippen MR) is 60.1 cm³/mol. The number of ether oxygens (including phenoxy) is 1. The van der Waals surface area contributed by atoms with Gasteiger partial charge in [-0.2, -0.15) is 0 Å². The van der Waals surface area contributed by atoms with Gasteiger partial charge in [-0.3, -0.25) is 0 Å². The number of hydrogen-bond acceptors (Lipinski definition) is 4. The van der Waals surface area contributed by atoms with Gasteiger partial charge in [0.15, 0.2) is 0 Å². The molecule has 1 amide bonds. The summed E-state index contributed by atoms with van der Waals surface area (Å²) in [5.74, 6) is 0. The van der Waals surface area contributed by atoms with Gasteiger partial charge in [-0.1, -0.05) is 4.32 Å². The smallest absolute Gasteiger partial charge is 0.450 e. The Morgan fingerprint density at radius 1 is 1.33 bits per heavy atom. The number of hydrogen-bond donors (Lipinski definition) is 0. The van der Waals surface area contributed by atoms with Crippen molar-refractivity contribution in [3.05, 3.63) is 0 Å². The number of amides is 1. The Labute approximate surface area is 123 Å². The van der Waals surface area contributed by atoms with E-state index in [0.717, 1.165) is 0 Å². The van der Waals surface area contributed by atoms with Gasteiger partial charge >= 0.3 is 35.7 Å². The van der Waals surface area contributed by atoms with Gasteiger partial charge in [0.25, 0.3) is 0 Å². The largest absolute Gasteiger partial charge is 1.00 e. The Balaban J connectivity index is 0.00000196. The molecular weight excluding hydrogens is 243 g/mol. The van der Waals surface area contributed by atoms with E-state index in [2.05, 4.69) is 0 Å². The number of thiocarbonyl (C=S) groups is 1. The minimum absolute atomic E-state index is 0. The minimum Gasteiger partial charge on any atom is -0.450 e. The van der Waals surface area contributed by atoms with E-state index in [1.807, 2.05) is 4.90 Å². The third-order valence-corrected chi connectivity index (χ3v) is 2.58. The summed E-state index contributed by atoms with van der Waals surface area (Å²) < 4.78 is 5.37. The van der Waals surface area contributed by atoms with Crippen molar-refractivity contribution in [1.29, 1.82) is 0 Å². The average molecular weight is 256 g/mol. The van der Waals surface area contributed by atoms with Crippen molar-refractivity contribution in [2.45, 2.75) is 6.92 Å². The summed E-state index contributed by atoms with van der Waals surface area (Å²) >= 11 is 9.75. The van der Waals surface area contributed by atoms with Crippen LogP contribution in [-0.2, 0) is 17.4 Å². The number of carbonyl (C=O) groups is 1. The summed E-state index contributed by atoms with van der Waals surface area (Å²) in [7, 11) is 0. The molecule has 0 aromatic heterocycles. The quantitative estimate of drug-likeness (QED) is 0.297. The molecule has 0 N–H and O–H groups in total. The van der Waals surface area contributed by atoms with Crippen LogP contribution in [0.5, 0.6) is 0 Å². The fraction of sp³-hybridized carbons (Fsp3) is 0.750. The first-order valence-electron chi connectivity index (χ1n) is 4.52. The molecule has 0 bridgehead atoms. The van der Waals surface area contributed by atoms with Crippen LogP contribution < -0.4 is 29.6 Å². The molecule has 1 heterocycles. The molecule has 0 radical (unpaired) electrons. The fourth-order valence-electron chi connectivity index (χ4n) is 1.29. The van der Waals surface area contributed by atoms with Crippen LogP contribution in [0.2, 0.25) is 0 Å². The van der Waals surface area contributed by atoms with Gasteiger partial charge in [0.1, 0.15) is 0 Å². The van der Waals surface area contributed by atoms with E-state index < -0.39 is 0 Å². The Kier molecular flexibility index (Phi) is 7.81. The summed E-state index contributed by atoms with van der Waals surface area (Å²) in [4.78, 5) is 14.9. The van der Waals surface area contributed by atoms with Crippen LogP contribution in [0, 0.1) is 0 Å². The summed E-state index contributed by atoms with van der Waals surface area (Å²) in [5, 5.41) is 0. The first-order valence-corrected chi connectivity index (χ1v) is 5.34. The van der Waals surface area contributed by atoms with E-state index in [9.17, 15) is 4.79 Å². The number of nitrogens with zero attached hydrogens (tertiary/aromatic N) is 2. The van der Waals surface area contributed by atoms with Crippen molar-refractivity contribution < 1.29 is 39.1 Å². The van der Waals surface area contributed by atoms with Crippen LogP contribution in [0.1, 0.15) is 6.92 Å². The molecule has 1 aliphatic rings. The van der Waals surface area contributed by atoms with E-state index in [1.54, 1.807) is 11.8 Å². The topological polar surface area (TPSA) is 32.8 Å². The van der Waals surface area contributed by atoms with Gasteiger partial charge in [0.2, 0.25) is 0 Å². The van der Waals surface area contributed by atoms with Gasteiger partial charge in [-0.15, -0.1) is 0 Å². The Morgan fingerprint density at radius 2 is 1.80 bits per heavy atom. The first-order chi connectivity index (χ1) is 6.65. The van der Waals surface area contributed by atoms with E-state index in [-0.39, 0.29) is 35.7 Å². The molecule has 0 aromatic carbocycles. The predicted octanol–water partition coefficient (Wildman–Crippen LogP) is -2.40. The van der Waals surface area contributed by atoms with Gasteiger partial charge in [0, 0.05) is 26.2 Å². The molecule has 7 heteroatoms. The molecule has 1 fully saturated rings. The molecule has 4 nitrogen and oxygen atoms in total. The molecule has 1 rings (SSSR count). The second-order valence-corrected chi connectivity index (χ2v) is 3.97. The second kappa shape index (κ2) is 7.62. The molecule has 0 aromatic rings. The van der Waals surface area contributed by atoms with Gasteiger partial charge < -0.3 is 39.4 Å². The van der Waals surface area contributed by atoms with Crippen LogP contribution in [0.25, 0.3) is 0 Å². The van der Waals surface area contributed by atoms with Crippen LogP contribution >= 0.6 is 12.2 Å². The van der Waals surface area contributed by atoms with E-state index in [4.69, 9.17) is 29.6 Å². The van der Waals surface area contributed by atoms with Crippen LogP contribution in [-0.4, -0.2) is 53.0 Å². The zero-order valence-electron chi connectivity index (χ0n) is 9.06. The van der Waals surface area contributed by atoms with Crippen molar-refractivity contribution in [3.63, 3.8) is 0 Å². The zero-order chi connectivity index (χ0) is 10.6. The standard InChI is InChI=1S/C8H14N2O2S2.Na/c1-2-12-7(11)9-3-5-10(6-4-9)8(13)14;/h2-6H2,1H3,(H,13,14);/q;+1/p-1. The molecule has 0 spiro atoms. The third-order valence-electron chi connectivity index (χ3n) is 2.06. The summed E-state index contributed by atoms with van der Waals surface area (Å²) in [6.07, 6.45) is -0.248. The van der Waals surface area contributed by atoms with Crippen LogP contribution in [0.4, 0.5) is 4.79 Å². The zero-order valence-corrected chi connectivity index (χ0v) is 12.7. The van der Waals surface area contributed by atoms with Crippen LogP contribution in [0.15, 0.2) is 0 Å². The molecule has 0 aliphatic carbocycles. The molecule has 1 saturated heterocycles. The number of rotatable bonds is 1. The molecular formula is C8H13N2NaO2S2. The van der Waals surface area contributed by atoms with Gasteiger partial charge in [-0.05, 0) is 6.92 Å². The van der Waals surface area contributed by atoms with Crippen molar-refractivity contribution in [2.24, 2.45) is 0 Å². The molecule has 80 valence electrons. The number of piperazine rings is 1. The maximum Gasteiger partial charge on any atom is 1.00 e. The molecule has 0 unspecified atom stereocenters. The normalized spacial score (nSPS) is 15.5. The third kappa shape index (κ3) is 4.82. The van der Waals surface area contributed by atoms with Crippen molar-refractivity contribution >= 4 is 35.3 Å². The van der Waals surface area contributed by atoms with Crippen molar-refractivity contribution in [3.8, 4) is 0 Å². The minimum atomic E-state index is -0.248. The van der Waals surface area contributed by atoms with Crippen molar-refractivity contribution in [1.82, 2.24) is 9.80 Å².